The number of nitrogens with zero attached hydrogens (tertiary/aromatic N) is 2. The lowest BCUT2D eigenvalue weighted by molar-refractivity contribution is -0.117. The number of halogens is 1. The highest BCUT2D eigenvalue weighted by molar-refractivity contribution is 7.13. The van der Waals surface area contributed by atoms with Crippen molar-refractivity contribution in [3.63, 3.8) is 0 Å². The lowest BCUT2D eigenvalue weighted by Gasteiger charge is -2.13. The number of hydrogen-bond donors (Lipinski definition) is 2. The zero-order valence-corrected chi connectivity index (χ0v) is 12.0. The van der Waals surface area contributed by atoms with Crippen LogP contribution in [-0.2, 0) is 4.79 Å². The van der Waals surface area contributed by atoms with Crippen LogP contribution in [0.1, 0.15) is 17.3 Å². The second-order valence-corrected chi connectivity index (χ2v) is 5.15. The first-order valence-corrected chi connectivity index (χ1v) is 6.96. The van der Waals surface area contributed by atoms with Crippen LogP contribution in [-0.4, -0.2) is 28.1 Å². The second-order valence-electron chi connectivity index (χ2n) is 3.91. The van der Waals surface area contributed by atoms with E-state index < -0.39 is 11.9 Å². The second kappa shape index (κ2) is 6.44. The predicted octanol–water partition coefficient (Wildman–Crippen LogP) is 1.95. The molecular weight excluding hydrogens is 300 g/mol. The van der Waals surface area contributed by atoms with E-state index in [1.165, 1.54) is 16.8 Å². The molecule has 1 aromatic carbocycles. The van der Waals surface area contributed by atoms with Gasteiger partial charge in [-0.1, -0.05) is 35.1 Å². The molecule has 2 amide bonds. The van der Waals surface area contributed by atoms with E-state index in [1.54, 1.807) is 31.2 Å². The highest BCUT2D eigenvalue weighted by atomic mass is 35.5. The molecule has 0 radical (unpaired) electrons. The number of amides is 2. The molecule has 2 aromatic rings. The third-order valence-electron chi connectivity index (χ3n) is 2.45. The molecule has 0 saturated heterocycles. The first-order valence-electron chi connectivity index (χ1n) is 5.70. The van der Waals surface area contributed by atoms with Crippen LogP contribution in [0.15, 0.2) is 29.8 Å². The highest BCUT2D eigenvalue weighted by Gasteiger charge is 2.18. The minimum absolute atomic E-state index is 0.324. The molecule has 1 unspecified atom stereocenters. The summed E-state index contributed by atoms with van der Waals surface area (Å²) in [5.41, 5.74) is 1.83. The van der Waals surface area contributed by atoms with Gasteiger partial charge in [0, 0.05) is 0 Å². The molecule has 0 aliphatic rings. The summed E-state index contributed by atoms with van der Waals surface area (Å²) in [6.07, 6.45) is 0. The standard InChI is InChI=1S/C12H11ClN4O2S/c1-7(10(18)16-12-17-14-6-20-12)15-11(19)8-4-2-3-5-9(8)13/h2-7H,1H3,(H,15,19)(H,16,17,18). The van der Waals surface area contributed by atoms with Crippen LogP contribution < -0.4 is 10.6 Å². The van der Waals surface area contributed by atoms with Gasteiger partial charge in [0.2, 0.25) is 11.0 Å². The molecule has 1 aromatic heterocycles. The van der Waals surface area contributed by atoms with Gasteiger partial charge < -0.3 is 5.32 Å². The molecule has 6 nitrogen and oxygen atoms in total. The van der Waals surface area contributed by atoms with Crippen molar-refractivity contribution in [2.75, 3.05) is 5.32 Å². The molecule has 8 heteroatoms. The van der Waals surface area contributed by atoms with Gasteiger partial charge in [-0.15, -0.1) is 10.2 Å². The van der Waals surface area contributed by atoms with Crippen molar-refractivity contribution in [3.8, 4) is 0 Å². The van der Waals surface area contributed by atoms with Crippen molar-refractivity contribution < 1.29 is 9.59 Å². The van der Waals surface area contributed by atoms with Gasteiger partial charge in [-0.3, -0.25) is 14.9 Å². The first kappa shape index (κ1) is 14.4. The summed E-state index contributed by atoms with van der Waals surface area (Å²) in [5, 5.41) is 13.1. The largest absolute Gasteiger partial charge is 0.340 e. The number of benzene rings is 1. The molecule has 1 atom stereocenters. The smallest absolute Gasteiger partial charge is 0.253 e. The fourth-order valence-corrected chi connectivity index (χ4v) is 2.10. The van der Waals surface area contributed by atoms with Gasteiger partial charge in [-0.05, 0) is 19.1 Å². The lowest BCUT2D eigenvalue weighted by Crippen LogP contribution is -2.41. The number of nitrogens with one attached hydrogen (secondary N) is 2. The molecular formula is C12H11ClN4O2S. The zero-order chi connectivity index (χ0) is 14.5. The topological polar surface area (TPSA) is 84.0 Å². The minimum Gasteiger partial charge on any atom is -0.340 e. The van der Waals surface area contributed by atoms with E-state index in [0.717, 1.165) is 0 Å². The molecule has 0 bridgehead atoms. The molecule has 0 spiro atoms. The Morgan fingerprint density at radius 2 is 2.10 bits per heavy atom. The SMILES string of the molecule is CC(NC(=O)c1ccccc1Cl)C(=O)Nc1nncs1. The Labute approximate surface area is 124 Å². The van der Waals surface area contributed by atoms with Gasteiger partial charge in [0.1, 0.15) is 11.6 Å². The summed E-state index contributed by atoms with van der Waals surface area (Å²) < 4.78 is 0. The maximum Gasteiger partial charge on any atom is 0.253 e. The highest BCUT2D eigenvalue weighted by Crippen LogP contribution is 2.15. The van der Waals surface area contributed by atoms with Crippen molar-refractivity contribution in [2.24, 2.45) is 0 Å². The number of rotatable bonds is 4. The molecule has 0 aliphatic carbocycles. The summed E-state index contributed by atoms with van der Waals surface area (Å²) >= 11 is 7.12. The molecule has 2 rings (SSSR count). The summed E-state index contributed by atoms with van der Waals surface area (Å²) in [6, 6.07) is 5.91. The predicted molar refractivity (Wildman–Crippen MR) is 76.9 cm³/mol. The maximum absolute atomic E-state index is 12.0. The molecule has 104 valence electrons. The van der Waals surface area contributed by atoms with Crippen molar-refractivity contribution in [3.05, 3.63) is 40.4 Å². The Morgan fingerprint density at radius 3 is 2.75 bits per heavy atom. The fourth-order valence-electron chi connectivity index (χ4n) is 1.43. The van der Waals surface area contributed by atoms with Gasteiger partial charge in [0.25, 0.3) is 5.91 Å². The average molecular weight is 311 g/mol. The maximum atomic E-state index is 12.0. The molecule has 0 saturated carbocycles. The Morgan fingerprint density at radius 1 is 1.35 bits per heavy atom. The molecule has 0 fully saturated rings. The fraction of sp³-hybridized carbons (Fsp3) is 0.167. The minimum atomic E-state index is -0.720. The summed E-state index contributed by atoms with van der Waals surface area (Å²) in [7, 11) is 0. The van der Waals surface area contributed by atoms with Crippen LogP contribution in [0.25, 0.3) is 0 Å². The number of hydrogen-bond acceptors (Lipinski definition) is 5. The number of carbonyl (C=O) groups excluding carboxylic acids is 2. The van der Waals surface area contributed by atoms with Gasteiger partial charge >= 0.3 is 0 Å². The van der Waals surface area contributed by atoms with Crippen LogP contribution in [0.2, 0.25) is 5.02 Å². The van der Waals surface area contributed by atoms with Crippen molar-refractivity contribution >= 4 is 39.9 Å². The van der Waals surface area contributed by atoms with E-state index in [-0.39, 0.29) is 5.91 Å². The van der Waals surface area contributed by atoms with Crippen LogP contribution in [0.4, 0.5) is 5.13 Å². The van der Waals surface area contributed by atoms with E-state index in [9.17, 15) is 9.59 Å². The molecule has 1 heterocycles. The van der Waals surface area contributed by atoms with Crippen molar-refractivity contribution in [1.82, 2.24) is 15.5 Å². The Hall–Kier alpha value is -1.99. The Balaban J connectivity index is 1.97. The molecule has 20 heavy (non-hydrogen) atoms. The zero-order valence-electron chi connectivity index (χ0n) is 10.5. The quantitative estimate of drug-likeness (QED) is 0.904. The summed E-state index contributed by atoms with van der Waals surface area (Å²) in [5.74, 6) is -0.780. The Bertz CT molecular complexity index is 618. The van der Waals surface area contributed by atoms with Crippen molar-refractivity contribution in [1.29, 1.82) is 0 Å². The van der Waals surface area contributed by atoms with E-state index in [1.807, 2.05) is 0 Å². The van der Waals surface area contributed by atoms with Crippen LogP contribution >= 0.6 is 22.9 Å². The van der Waals surface area contributed by atoms with Crippen molar-refractivity contribution in [2.45, 2.75) is 13.0 Å². The van der Waals surface area contributed by atoms with E-state index in [2.05, 4.69) is 20.8 Å². The summed E-state index contributed by atoms with van der Waals surface area (Å²) in [6.45, 7) is 1.57. The lowest BCUT2D eigenvalue weighted by atomic mass is 10.2. The number of aromatic nitrogens is 2. The average Bonchev–Trinajstić information content (AvgIpc) is 2.91. The third kappa shape index (κ3) is 3.52. The van der Waals surface area contributed by atoms with Crippen LogP contribution in [0, 0.1) is 0 Å². The van der Waals surface area contributed by atoms with E-state index in [0.29, 0.717) is 15.7 Å². The monoisotopic (exact) mass is 310 g/mol. The van der Waals surface area contributed by atoms with Gasteiger partial charge in [-0.2, -0.15) is 0 Å². The van der Waals surface area contributed by atoms with Gasteiger partial charge in [-0.25, -0.2) is 0 Å². The number of carbonyl (C=O) groups is 2. The third-order valence-corrected chi connectivity index (χ3v) is 3.39. The molecule has 0 aliphatic heterocycles. The molecule has 2 N–H and O–H groups in total. The van der Waals surface area contributed by atoms with Gasteiger partial charge in [0.15, 0.2) is 0 Å². The van der Waals surface area contributed by atoms with Crippen LogP contribution in [0.5, 0.6) is 0 Å². The van der Waals surface area contributed by atoms with E-state index in [4.69, 9.17) is 11.6 Å². The normalized spacial score (nSPS) is 11.7. The van der Waals surface area contributed by atoms with Gasteiger partial charge in [0.05, 0.1) is 10.6 Å². The summed E-state index contributed by atoms with van der Waals surface area (Å²) in [4.78, 5) is 23.8. The van der Waals surface area contributed by atoms with E-state index >= 15 is 0 Å². The number of anilines is 1. The first-order chi connectivity index (χ1) is 9.58. The van der Waals surface area contributed by atoms with Crippen LogP contribution in [0.3, 0.4) is 0 Å². The Kier molecular flexibility index (Phi) is 4.65.